The predicted molar refractivity (Wildman–Crippen MR) is 66.9 cm³/mol. The van der Waals surface area contributed by atoms with Crippen LogP contribution in [0.3, 0.4) is 0 Å². The highest BCUT2D eigenvalue weighted by molar-refractivity contribution is 5.86. The molecule has 0 radical (unpaired) electrons. The first-order valence-corrected chi connectivity index (χ1v) is 5.75. The van der Waals surface area contributed by atoms with Crippen molar-refractivity contribution in [1.82, 2.24) is 15.0 Å². The fourth-order valence-corrected chi connectivity index (χ4v) is 1.83. The van der Waals surface area contributed by atoms with E-state index in [1.807, 2.05) is 0 Å². The number of nitrogens with two attached hydrogens (primary N) is 1. The van der Waals surface area contributed by atoms with Crippen molar-refractivity contribution in [3.8, 4) is 5.75 Å². The molecule has 0 aliphatic heterocycles. The highest BCUT2D eigenvalue weighted by Crippen LogP contribution is 2.21. The molecule has 7 nitrogen and oxygen atoms in total. The minimum atomic E-state index is -1.22. The molecule has 0 spiro atoms. The Labute approximate surface area is 113 Å². The second-order valence-corrected chi connectivity index (χ2v) is 3.99. The number of hydrogen-bond acceptors (Lipinski definition) is 5. The lowest BCUT2D eigenvalue weighted by Crippen LogP contribution is -2.14. The summed E-state index contributed by atoms with van der Waals surface area (Å²) in [6, 6.07) is 4.68. The zero-order valence-electron chi connectivity index (χ0n) is 10.7. The molecule has 0 aliphatic carbocycles. The fraction of sp³-hybridized carbons (Fsp3) is 0.250. The summed E-state index contributed by atoms with van der Waals surface area (Å²) in [5.41, 5.74) is 5.81. The van der Waals surface area contributed by atoms with Gasteiger partial charge in [0.15, 0.2) is 17.3 Å². The second-order valence-electron chi connectivity index (χ2n) is 3.99. The Morgan fingerprint density at radius 1 is 1.55 bits per heavy atom. The number of methoxy groups -OCH3 is 1. The van der Waals surface area contributed by atoms with Crippen molar-refractivity contribution >= 4 is 5.97 Å². The molecule has 0 fully saturated rings. The van der Waals surface area contributed by atoms with Crippen LogP contribution in [0.5, 0.6) is 5.75 Å². The minimum Gasteiger partial charge on any atom is -0.494 e. The van der Waals surface area contributed by atoms with E-state index in [4.69, 9.17) is 15.6 Å². The van der Waals surface area contributed by atoms with Gasteiger partial charge in [-0.3, -0.25) is 0 Å². The first-order valence-electron chi connectivity index (χ1n) is 5.75. The number of carboxylic acids is 1. The zero-order valence-corrected chi connectivity index (χ0v) is 10.7. The van der Waals surface area contributed by atoms with Crippen LogP contribution in [-0.2, 0) is 13.1 Å². The van der Waals surface area contributed by atoms with Crippen molar-refractivity contribution in [3.05, 3.63) is 41.0 Å². The van der Waals surface area contributed by atoms with Crippen LogP contribution in [0.4, 0.5) is 4.39 Å². The quantitative estimate of drug-likeness (QED) is 0.832. The van der Waals surface area contributed by atoms with Crippen LogP contribution < -0.4 is 10.5 Å². The highest BCUT2D eigenvalue weighted by atomic mass is 19.1. The van der Waals surface area contributed by atoms with Gasteiger partial charge in [-0.15, -0.1) is 5.10 Å². The number of hydrogen-bond donors (Lipinski definition) is 2. The summed E-state index contributed by atoms with van der Waals surface area (Å²) in [6.07, 6.45) is 0. The summed E-state index contributed by atoms with van der Waals surface area (Å²) in [6.45, 7) is -0.0317. The molecule has 0 amide bonds. The normalized spacial score (nSPS) is 10.6. The Bertz CT molecular complexity index is 642. The standard InChI is InChI=1S/C12H13FN4O3/c1-20-9-4-2-3-7(10(9)13)6-17-8(5-14)11(12(18)19)15-16-17/h2-4H,5-6,14H2,1H3,(H,18,19). The molecule has 1 aromatic heterocycles. The van der Waals surface area contributed by atoms with Gasteiger partial charge in [-0.1, -0.05) is 17.3 Å². The van der Waals surface area contributed by atoms with Gasteiger partial charge < -0.3 is 15.6 Å². The summed E-state index contributed by atoms with van der Waals surface area (Å²) in [4.78, 5) is 10.9. The van der Waals surface area contributed by atoms with E-state index in [2.05, 4.69) is 10.3 Å². The summed E-state index contributed by atoms with van der Waals surface area (Å²) in [5, 5.41) is 16.2. The lowest BCUT2D eigenvalue weighted by Gasteiger charge is -2.09. The average Bonchev–Trinajstić information content (AvgIpc) is 2.84. The Morgan fingerprint density at radius 3 is 2.90 bits per heavy atom. The molecule has 0 saturated carbocycles. The van der Waals surface area contributed by atoms with E-state index in [1.165, 1.54) is 17.9 Å². The number of aromatic carboxylic acids is 1. The van der Waals surface area contributed by atoms with Gasteiger partial charge in [0.05, 0.1) is 19.3 Å². The van der Waals surface area contributed by atoms with Gasteiger partial charge >= 0.3 is 5.97 Å². The van der Waals surface area contributed by atoms with Gasteiger partial charge in [-0.25, -0.2) is 13.9 Å². The molecule has 8 heteroatoms. The lowest BCUT2D eigenvalue weighted by molar-refractivity contribution is 0.0689. The van der Waals surface area contributed by atoms with E-state index in [1.54, 1.807) is 12.1 Å². The van der Waals surface area contributed by atoms with Crippen LogP contribution in [0, 0.1) is 5.82 Å². The highest BCUT2D eigenvalue weighted by Gasteiger charge is 2.19. The first kappa shape index (κ1) is 13.9. The Hall–Kier alpha value is -2.48. The molecule has 2 rings (SSSR count). The molecule has 0 saturated heterocycles. The minimum absolute atomic E-state index is 0.0237. The van der Waals surface area contributed by atoms with E-state index >= 15 is 0 Å². The van der Waals surface area contributed by atoms with Crippen LogP contribution in [0.15, 0.2) is 18.2 Å². The van der Waals surface area contributed by atoms with Crippen molar-refractivity contribution in [2.75, 3.05) is 7.11 Å². The van der Waals surface area contributed by atoms with Gasteiger partial charge in [0.2, 0.25) is 0 Å². The number of nitrogens with zero attached hydrogens (tertiary/aromatic N) is 3. The molecule has 0 unspecified atom stereocenters. The number of halogens is 1. The molecule has 0 aliphatic rings. The first-order chi connectivity index (χ1) is 9.58. The number of benzene rings is 1. The number of carboxylic acid groups (broad SMARTS) is 1. The van der Waals surface area contributed by atoms with Gasteiger partial charge in [-0.2, -0.15) is 0 Å². The number of rotatable bonds is 5. The summed E-state index contributed by atoms with van der Waals surface area (Å²) >= 11 is 0. The van der Waals surface area contributed by atoms with Crippen molar-refractivity contribution in [2.24, 2.45) is 5.73 Å². The average molecular weight is 280 g/mol. The van der Waals surface area contributed by atoms with E-state index in [0.717, 1.165) is 0 Å². The Kier molecular flexibility index (Phi) is 3.94. The van der Waals surface area contributed by atoms with E-state index < -0.39 is 11.8 Å². The summed E-state index contributed by atoms with van der Waals surface area (Å²) in [7, 11) is 1.37. The van der Waals surface area contributed by atoms with E-state index in [-0.39, 0.29) is 30.2 Å². The van der Waals surface area contributed by atoms with Gasteiger partial charge in [-0.05, 0) is 6.07 Å². The predicted octanol–water partition coefficient (Wildman–Crippen LogP) is 0.631. The van der Waals surface area contributed by atoms with Crippen molar-refractivity contribution in [3.63, 3.8) is 0 Å². The molecular formula is C12H13FN4O3. The molecular weight excluding hydrogens is 267 g/mol. The maximum Gasteiger partial charge on any atom is 0.358 e. The second kappa shape index (κ2) is 5.66. The fourth-order valence-electron chi connectivity index (χ4n) is 1.83. The molecule has 20 heavy (non-hydrogen) atoms. The van der Waals surface area contributed by atoms with Crippen LogP contribution >= 0.6 is 0 Å². The zero-order chi connectivity index (χ0) is 14.7. The maximum atomic E-state index is 14.0. The van der Waals surface area contributed by atoms with Crippen LogP contribution in [0.25, 0.3) is 0 Å². The molecule has 1 aromatic carbocycles. The Balaban J connectivity index is 2.38. The number of aromatic nitrogens is 3. The molecule has 0 bridgehead atoms. The largest absolute Gasteiger partial charge is 0.494 e. The summed E-state index contributed by atoms with van der Waals surface area (Å²) in [5.74, 6) is -1.64. The molecule has 1 heterocycles. The van der Waals surface area contributed by atoms with E-state index in [9.17, 15) is 9.18 Å². The smallest absolute Gasteiger partial charge is 0.358 e. The van der Waals surface area contributed by atoms with Crippen LogP contribution in [0.2, 0.25) is 0 Å². The molecule has 106 valence electrons. The number of carbonyl (C=O) groups is 1. The number of ether oxygens (including phenoxy) is 1. The third kappa shape index (κ3) is 2.45. The van der Waals surface area contributed by atoms with Gasteiger partial charge in [0.1, 0.15) is 0 Å². The topological polar surface area (TPSA) is 103 Å². The third-order valence-electron chi connectivity index (χ3n) is 2.82. The molecule has 0 atom stereocenters. The van der Waals surface area contributed by atoms with Gasteiger partial charge in [0.25, 0.3) is 0 Å². The van der Waals surface area contributed by atoms with Crippen molar-refractivity contribution in [1.29, 1.82) is 0 Å². The van der Waals surface area contributed by atoms with Crippen molar-refractivity contribution < 1.29 is 19.0 Å². The van der Waals surface area contributed by atoms with Crippen LogP contribution in [-0.4, -0.2) is 33.2 Å². The van der Waals surface area contributed by atoms with E-state index in [0.29, 0.717) is 5.56 Å². The molecule has 3 N–H and O–H groups in total. The van der Waals surface area contributed by atoms with Gasteiger partial charge in [0, 0.05) is 12.1 Å². The SMILES string of the molecule is COc1cccc(Cn2nnc(C(=O)O)c2CN)c1F. The lowest BCUT2D eigenvalue weighted by atomic mass is 10.2. The van der Waals surface area contributed by atoms with Crippen molar-refractivity contribution in [2.45, 2.75) is 13.1 Å². The maximum absolute atomic E-state index is 14.0. The summed E-state index contributed by atoms with van der Waals surface area (Å²) < 4.78 is 20.2. The van der Waals surface area contributed by atoms with Crippen LogP contribution in [0.1, 0.15) is 21.7 Å². The molecule has 2 aromatic rings. The third-order valence-corrected chi connectivity index (χ3v) is 2.82. The Morgan fingerprint density at radius 2 is 2.30 bits per heavy atom. The monoisotopic (exact) mass is 280 g/mol.